The van der Waals surface area contributed by atoms with Crippen LogP contribution >= 0.6 is 46.4 Å². The Hall–Kier alpha value is -0.350. The largest absolute Gasteiger partial charge is 0.478 e. The highest BCUT2D eigenvalue weighted by Crippen LogP contribution is 2.42. The molecule has 0 bridgehead atoms. The highest BCUT2D eigenvalue weighted by atomic mass is 35.5. The number of hydrogen-bond donors (Lipinski definition) is 1. The summed E-state index contributed by atoms with van der Waals surface area (Å²) in [7, 11) is 0. The van der Waals surface area contributed by atoms with Gasteiger partial charge in [0.25, 0.3) is 0 Å². The van der Waals surface area contributed by atoms with E-state index in [1.165, 1.54) is 19.9 Å². The Morgan fingerprint density at radius 2 is 1.71 bits per heavy atom. The van der Waals surface area contributed by atoms with E-state index in [0.717, 1.165) is 0 Å². The van der Waals surface area contributed by atoms with Crippen LogP contribution in [0.4, 0.5) is 0 Å². The van der Waals surface area contributed by atoms with Crippen LogP contribution in [0.1, 0.15) is 13.8 Å². The molecule has 1 aromatic rings. The molecule has 17 heavy (non-hydrogen) atoms. The average Bonchev–Trinajstić information content (AvgIpc) is 2.22. The van der Waals surface area contributed by atoms with E-state index >= 15 is 0 Å². The summed E-state index contributed by atoms with van der Waals surface area (Å²) in [5, 5.41) is 9.21. The molecule has 0 amide bonds. The lowest BCUT2D eigenvalue weighted by molar-refractivity contribution is -0.152. The molecular weight excluding hydrogens is 310 g/mol. The molecule has 3 nitrogen and oxygen atoms in total. The quantitative estimate of drug-likeness (QED) is 0.657. The van der Waals surface area contributed by atoms with Gasteiger partial charge < -0.3 is 9.84 Å². The molecule has 0 unspecified atom stereocenters. The molecule has 0 aliphatic carbocycles. The molecule has 0 radical (unpaired) electrons. The number of aliphatic carboxylic acids is 1. The van der Waals surface area contributed by atoms with Gasteiger partial charge in [0, 0.05) is 6.07 Å². The molecule has 0 spiro atoms. The standard InChI is InChI=1S/C10H8Cl4O3/c1-10(2,9(15)16)17-5-3-4(11)6(12)8(14)7(5)13/h3H,1-2H3,(H,15,16). The fourth-order valence-corrected chi connectivity index (χ4v) is 1.77. The SMILES string of the molecule is CC(C)(Oc1cc(Cl)c(Cl)c(Cl)c1Cl)C(=O)O. The lowest BCUT2D eigenvalue weighted by Crippen LogP contribution is -2.38. The fraction of sp³-hybridized carbons (Fsp3) is 0.300. The van der Waals surface area contributed by atoms with Crippen LogP contribution in [0.5, 0.6) is 5.75 Å². The molecule has 7 heteroatoms. The summed E-state index contributed by atoms with van der Waals surface area (Å²) < 4.78 is 5.25. The van der Waals surface area contributed by atoms with Gasteiger partial charge in [-0.15, -0.1) is 0 Å². The van der Waals surface area contributed by atoms with Crippen LogP contribution in [0.25, 0.3) is 0 Å². The van der Waals surface area contributed by atoms with Gasteiger partial charge in [-0.05, 0) is 13.8 Å². The van der Waals surface area contributed by atoms with Crippen LogP contribution in [0.15, 0.2) is 6.07 Å². The van der Waals surface area contributed by atoms with E-state index in [1.807, 2.05) is 0 Å². The van der Waals surface area contributed by atoms with Crippen molar-refractivity contribution in [1.29, 1.82) is 0 Å². The first kappa shape index (κ1) is 14.7. The minimum absolute atomic E-state index is 0.0235. The maximum Gasteiger partial charge on any atom is 0.347 e. The van der Waals surface area contributed by atoms with Crippen molar-refractivity contribution < 1.29 is 14.6 Å². The number of hydrogen-bond acceptors (Lipinski definition) is 2. The molecular formula is C10H8Cl4O3. The summed E-state index contributed by atoms with van der Waals surface area (Å²) in [6, 6.07) is 1.32. The van der Waals surface area contributed by atoms with Crippen LogP contribution in [0.3, 0.4) is 0 Å². The third-order valence-electron chi connectivity index (χ3n) is 1.95. The Kier molecular flexibility index (Phi) is 4.42. The summed E-state index contributed by atoms with van der Waals surface area (Å²) in [5.41, 5.74) is -1.45. The van der Waals surface area contributed by atoms with E-state index in [1.54, 1.807) is 0 Å². The van der Waals surface area contributed by atoms with Crippen molar-refractivity contribution >= 4 is 52.4 Å². The second-order valence-electron chi connectivity index (χ2n) is 3.72. The van der Waals surface area contributed by atoms with Crippen molar-refractivity contribution in [3.8, 4) is 5.75 Å². The van der Waals surface area contributed by atoms with Gasteiger partial charge in [0.15, 0.2) is 5.60 Å². The number of carbonyl (C=O) groups is 1. The van der Waals surface area contributed by atoms with Gasteiger partial charge in [0.05, 0.1) is 15.1 Å². The molecule has 1 rings (SSSR count). The molecule has 94 valence electrons. The molecule has 0 heterocycles. The summed E-state index contributed by atoms with van der Waals surface area (Å²) in [4.78, 5) is 10.9. The third kappa shape index (κ3) is 3.10. The maximum atomic E-state index is 10.9. The topological polar surface area (TPSA) is 46.5 Å². The van der Waals surface area contributed by atoms with Crippen LogP contribution in [0, 0.1) is 0 Å². The summed E-state index contributed by atoms with van der Waals surface area (Å²) in [5.74, 6) is -1.07. The first-order chi connectivity index (χ1) is 7.66. The molecule has 0 atom stereocenters. The lowest BCUT2D eigenvalue weighted by Gasteiger charge is -2.22. The van der Waals surface area contributed by atoms with E-state index in [4.69, 9.17) is 56.2 Å². The van der Waals surface area contributed by atoms with Crippen molar-refractivity contribution in [2.24, 2.45) is 0 Å². The molecule has 0 fully saturated rings. The molecule has 0 aromatic heterocycles. The number of carboxylic acid groups (broad SMARTS) is 1. The molecule has 0 saturated carbocycles. The van der Waals surface area contributed by atoms with E-state index in [2.05, 4.69) is 0 Å². The van der Waals surface area contributed by atoms with Gasteiger partial charge in [-0.2, -0.15) is 0 Å². The fourth-order valence-electron chi connectivity index (χ4n) is 0.944. The van der Waals surface area contributed by atoms with Crippen LogP contribution < -0.4 is 4.74 Å². The molecule has 0 aliphatic rings. The number of halogens is 4. The van der Waals surface area contributed by atoms with Crippen LogP contribution in [0.2, 0.25) is 20.1 Å². The number of rotatable bonds is 3. The normalized spacial score (nSPS) is 11.4. The Labute approximate surface area is 118 Å². The van der Waals surface area contributed by atoms with E-state index in [0.29, 0.717) is 0 Å². The van der Waals surface area contributed by atoms with Crippen molar-refractivity contribution in [3.63, 3.8) is 0 Å². The molecule has 0 saturated heterocycles. The Morgan fingerprint density at radius 3 is 2.18 bits per heavy atom. The summed E-state index contributed by atoms with van der Waals surface area (Å²) in [6.45, 7) is 2.75. The minimum Gasteiger partial charge on any atom is -0.478 e. The zero-order valence-electron chi connectivity index (χ0n) is 8.85. The van der Waals surface area contributed by atoms with Crippen molar-refractivity contribution in [2.45, 2.75) is 19.4 Å². The molecule has 0 aliphatic heterocycles. The maximum absolute atomic E-state index is 10.9. The minimum atomic E-state index is -1.45. The number of benzene rings is 1. The first-order valence-electron chi connectivity index (χ1n) is 4.42. The predicted octanol–water partition coefficient (Wildman–Crippen LogP) is 4.54. The molecule has 1 aromatic carbocycles. The van der Waals surface area contributed by atoms with Gasteiger partial charge in [-0.1, -0.05) is 46.4 Å². The summed E-state index contributed by atoms with van der Waals surface area (Å²) >= 11 is 23.3. The van der Waals surface area contributed by atoms with E-state index in [9.17, 15) is 4.79 Å². The average molecular weight is 318 g/mol. The smallest absolute Gasteiger partial charge is 0.347 e. The van der Waals surface area contributed by atoms with Gasteiger partial charge >= 0.3 is 5.97 Å². The second kappa shape index (κ2) is 5.11. The summed E-state index contributed by atoms with van der Waals surface area (Å²) in [6.07, 6.45) is 0. The second-order valence-corrected chi connectivity index (χ2v) is 5.26. The van der Waals surface area contributed by atoms with Crippen molar-refractivity contribution in [1.82, 2.24) is 0 Å². The monoisotopic (exact) mass is 316 g/mol. The van der Waals surface area contributed by atoms with Gasteiger partial charge in [0.1, 0.15) is 10.8 Å². The first-order valence-corrected chi connectivity index (χ1v) is 5.93. The van der Waals surface area contributed by atoms with Crippen LogP contribution in [-0.2, 0) is 4.79 Å². The third-order valence-corrected chi connectivity index (χ3v) is 3.68. The predicted molar refractivity (Wildman–Crippen MR) is 68.8 cm³/mol. The van der Waals surface area contributed by atoms with E-state index < -0.39 is 11.6 Å². The van der Waals surface area contributed by atoms with Crippen molar-refractivity contribution in [2.75, 3.05) is 0 Å². The highest BCUT2D eigenvalue weighted by molar-refractivity contribution is 6.52. The Bertz CT molecular complexity index is 471. The highest BCUT2D eigenvalue weighted by Gasteiger charge is 2.31. The Morgan fingerprint density at radius 1 is 1.18 bits per heavy atom. The Balaban J connectivity index is 3.21. The molecule has 1 N–H and O–H groups in total. The van der Waals surface area contributed by atoms with Crippen molar-refractivity contribution in [3.05, 3.63) is 26.2 Å². The van der Waals surface area contributed by atoms with Gasteiger partial charge in [-0.25, -0.2) is 4.79 Å². The zero-order valence-corrected chi connectivity index (χ0v) is 11.9. The zero-order chi connectivity index (χ0) is 13.4. The number of carboxylic acids is 1. The van der Waals surface area contributed by atoms with Crippen LogP contribution in [-0.4, -0.2) is 16.7 Å². The van der Waals surface area contributed by atoms with E-state index in [-0.39, 0.29) is 25.8 Å². The lowest BCUT2D eigenvalue weighted by atomic mass is 10.1. The van der Waals surface area contributed by atoms with Gasteiger partial charge in [-0.3, -0.25) is 0 Å². The number of ether oxygens (including phenoxy) is 1. The van der Waals surface area contributed by atoms with Gasteiger partial charge in [0.2, 0.25) is 0 Å².